The summed E-state index contributed by atoms with van der Waals surface area (Å²) in [5, 5.41) is 0. The van der Waals surface area contributed by atoms with Crippen molar-refractivity contribution in [2.45, 2.75) is 25.3 Å². The van der Waals surface area contributed by atoms with Crippen LogP contribution in [0.25, 0.3) is 0 Å². The molecule has 0 bridgehead atoms. The molecule has 0 amide bonds. The van der Waals surface area contributed by atoms with Gasteiger partial charge in [0.2, 0.25) is 0 Å². The quantitative estimate of drug-likeness (QED) is 0.869. The number of halogens is 1. The van der Waals surface area contributed by atoms with Crippen LogP contribution >= 0.6 is 15.9 Å². The molecule has 2 aromatic carbocycles. The molecular formula is C15H17BrN2O2S. The molecule has 0 radical (unpaired) electrons. The Bertz CT molecular complexity index is 773. The van der Waals surface area contributed by atoms with Crippen molar-refractivity contribution in [1.82, 2.24) is 0 Å². The lowest BCUT2D eigenvalue weighted by Crippen LogP contribution is -2.15. The summed E-state index contributed by atoms with van der Waals surface area (Å²) in [6.45, 7) is 4.04. The number of rotatable bonds is 4. The summed E-state index contributed by atoms with van der Waals surface area (Å²) in [4.78, 5) is 0.199. The highest BCUT2D eigenvalue weighted by atomic mass is 79.9. The van der Waals surface area contributed by atoms with Crippen LogP contribution in [0.5, 0.6) is 0 Å². The maximum Gasteiger partial charge on any atom is 0.263 e. The van der Waals surface area contributed by atoms with E-state index in [0.29, 0.717) is 16.7 Å². The van der Waals surface area contributed by atoms with Crippen molar-refractivity contribution in [3.05, 3.63) is 57.6 Å². The maximum absolute atomic E-state index is 12.6. The third-order valence-corrected chi connectivity index (χ3v) is 5.80. The Kier molecular flexibility index (Phi) is 4.70. The summed E-state index contributed by atoms with van der Waals surface area (Å²) in [5.74, 6) is 0. The van der Waals surface area contributed by atoms with Gasteiger partial charge in [0.1, 0.15) is 4.90 Å². The Balaban J connectivity index is 2.47. The zero-order chi connectivity index (χ0) is 15.6. The van der Waals surface area contributed by atoms with Crippen LogP contribution in [0.3, 0.4) is 0 Å². The highest BCUT2D eigenvalue weighted by Crippen LogP contribution is 2.29. The summed E-state index contributed by atoms with van der Waals surface area (Å²) >= 11 is 3.35. The lowest BCUT2D eigenvalue weighted by molar-refractivity contribution is 0.600. The topological polar surface area (TPSA) is 72.2 Å². The van der Waals surface area contributed by atoms with Crippen molar-refractivity contribution in [3.63, 3.8) is 0 Å². The molecule has 112 valence electrons. The minimum Gasteiger partial charge on any atom is -0.326 e. The van der Waals surface area contributed by atoms with Gasteiger partial charge in [-0.1, -0.05) is 18.2 Å². The molecule has 2 aromatic rings. The van der Waals surface area contributed by atoms with Gasteiger partial charge in [-0.3, -0.25) is 4.72 Å². The van der Waals surface area contributed by atoms with E-state index in [1.54, 1.807) is 18.2 Å². The fourth-order valence-corrected chi connectivity index (χ4v) is 4.16. The molecule has 6 heteroatoms. The average molecular weight is 369 g/mol. The fourth-order valence-electron chi connectivity index (χ4n) is 2.04. The van der Waals surface area contributed by atoms with Gasteiger partial charge in [0.25, 0.3) is 10.0 Å². The number of benzene rings is 2. The van der Waals surface area contributed by atoms with E-state index in [1.807, 2.05) is 32.0 Å². The number of aryl methyl sites for hydroxylation is 2. The van der Waals surface area contributed by atoms with Gasteiger partial charge < -0.3 is 5.73 Å². The second-order valence-electron chi connectivity index (χ2n) is 4.90. The van der Waals surface area contributed by atoms with Crippen molar-refractivity contribution in [2.75, 3.05) is 4.72 Å². The van der Waals surface area contributed by atoms with Crippen LogP contribution in [0.4, 0.5) is 5.69 Å². The summed E-state index contributed by atoms with van der Waals surface area (Å²) in [6.07, 6.45) is 0. The monoisotopic (exact) mass is 368 g/mol. The third-order valence-electron chi connectivity index (χ3n) is 3.08. The van der Waals surface area contributed by atoms with E-state index in [4.69, 9.17) is 5.73 Å². The molecule has 0 atom stereocenters. The van der Waals surface area contributed by atoms with Crippen molar-refractivity contribution < 1.29 is 8.42 Å². The lowest BCUT2D eigenvalue weighted by Gasteiger charge is -2.13. The van der Waals surface area contributed by atoms with Gasteiger partial charge in [-0.2, -0.15) is 0 Å². The Morgan fingerprint density at radius 3 is 2.52 bits per heavy atom. The molecule has 4 nitrogen and oxygen atoms in total. The molecule has 0 aromatic heterocycles. The number of nitrogens with two attached hydrogens (primary N) is 1. The summed E-state index contributed by atoms with van der Waals surface area (Å²) < 4.78 is 28.3. The molecule has 0 saturated heterocycles. The average Bonchev–Trinajstić information content (AvgIpc) is 2.41. The molecule has 0 aliphatic rings. The first-order chi connectivity index (χ1) is 9.83. The third kappa shape index (κ3) is 3.64. The molecule has 0 spiro atoms. The highest BCUT2D eigenvalue weighted by molar-refractivity contribution is 9.10. The summed E-state index contributed by atoms with van der Waals surface area (Å²) in [5.41, 5.74) is 8.76. The second kappa shape index (κ2) is 6.17. The first-order valence-corrected chi connectivity index (χ1v) is 8.69. The molecule has 21 heavy (non-hydrogen) atoms. The highest BCUT2D eigenvalue weighted by Gasteiger charge is 2.20. The van der Waals surface area contributed by atoms with Crippen LogP contribution in [-0.4, -0.2) is 8.42 Å². The molecule has 0 heterocycles. The van der Waals surface area contributed by atoms with Gasteiger partial charge in [0.05, 0.1) is 0 Å². The van der Waals surface area contributed by atoms with E-state index in [-0.39, 0.29) is 4.90 Å². The number of nitrogens with one attached hydrogen (secondary N) is 1. The number of hydrogen-bond acceptors (Lipinski definition) is 3. The molecule has 0 unspecified atom stereocenters. The predicted molar refractivity (Wildman–Crippen MR) is 88.8 cm³/mol. The maximum atomic E-state index is 12.6. The Hall–Kier alpha value is -1.37. The van der Waals surface area contributed by atoms with Crippen LogP contribution in [-0.2, 0) is 16.6 Å². The number of sulfonamides is 1. The lowest BCUT2D eigenvalue weighted by atomic mass is 10.1. The smallest absolute Gasteiger partial charge is 0.263 e. The van der Waals surface area contributed by atoms with Crippen molar-refractivity contribution >= 4 is 31.6 Å². The van der Waals surface area contributed by atoms with Crippen LogP contribution in [0, 0.1) is 13.8 Å². The van der Waals surface area contributed by atoms with Gasteiger partial charge in [-0.15, -0.1) is 0 Å². The SMILES string of the molecule is Cc1cccc(NS(=O)(=O)c2cc(CN)cc(C)c2Br)c1. The number of hydrogen-bond donors (Lipinski definition) is 2. The van der Waals surface area contributed by atoms with Crippen LogP contribution < -0.4 is 10.5 Å². The first-order valence-electron chi connectivity index (χ1n) is 6.42. The molecule has 0 fully saturated rings. The first kappa shape index (κ1) is 16.0. The van der Waals surface area contributed by atoms with E-state index >= 15 is 0 Å². The molecule has 0 aliphatic carbocycles. The standard InChI is InChI=1S/C15H17BrN2O2S/c1-10-4-3-5-13(6-10)18-21(19,20)14-8-12(9-17)7-11(2)15(14)16/h3-8,18H,9,17H2,1-2H3. The number of anilines is 1. The van der Waals surface area contributed by atoms with Crippen molar-refractivity contribution in [1.29, 1.82) is 0 Å². The van der Waals surface area contributed by atoms with Crippen LogP contribution in [0.15, 0.2) is 45.8 Å². The zero-order valence-corrected chi connectivity index (χ0v) is 14.3. The van der Waals surface area contributed by atoms with E-state index in [2.05, 4.69) is 20.7 Å². The minimum atomic E-state index is -3.67. The zero-order valence-electron chi connectivity index (χ0n) is 11.9. The van der Waals surface area contributed by atoms with E-state index in [0.717, 1.165) is 16.7 Å². The molecule has 2 rings (SSSR count). The van der Waals surface area contributed by atoms with E-state index in [9.17, 15) is 8.42 Å². The fraction of sp³-hybridized carbons (Fsp3) is 0.200. The largest absolute Gasteiger partial charge is 0.326 e. The van der Waals surface area contributed by atoms with Crippen LogP contribution in [0.2, 0.25) is 0 Å². The predicted octanol–water partition coefficient (Wildman–Crippen LogP) is 3.33. The van der Waals surface area contributed by atoms with Gasteiger partial charge in [0.15, 0.2) is 0 Å². The van der Waals surface area contributed by atoms with Crippen molar-refractivity contribution in [2.24, 2.45) is 5.73 Å². The molecular weight excluding hydrogens is 352 g/mol. The van der Waals surface area contributed by atoms with E-state index < -0.39 is 10.0 Å². The van der Waals surface area contributed by atoms with E-state index in [1.165, 1.54) is 0 Å². The minimum absolute atomic E-state index is 0.199. The van der Waals surface area contributed by atoms with Gasteiger partial charge in [-0.25, -0.2) is 8.42 Å². The summed E-state index contributed by atoms with van der Waals surface area (Å²) in [7, 11) is -3.67. The Labute approximate surface area is 133 Å². The van der Waals surface area contributed by atoms with Crippen LogP contribution in [0.1, 0.15) is 16.7 Å². The molecule has 0 saturated carbocycles. The second-order valence-corrected chi connectivity index (χ2v) is 7.35. The summed E-state index contributed by atoms with van der Waals surface area (Å²) in [6, 6.07) is 10.7. The van der Waals surface area contributed by atoms with Crippen molar-refractivity contribution in [3.8, 4) is 0 Å². The van der Waals surface area contributed by atoms with Gasteiger partial charge in [0, 0.05) is 16.7 Å². The Morgan fingerprint density at radius 2 is 1.90 bits per heavy atom. The molecule has 0 aliphatic heterocycles. The molecule has 3 N–H and O–H groups in total. The normalized spacial score (nSPS) is 11.4. The van der Waals surface area contributed by atoms with Gasteiger partial charge >= 0.3 is 0 Å². The van der Waals surface area contributed by atoms with Gasteiger partial charge in [-0.05, 0) is 64.7 Å². The Morgan fingerprint density at radius 1 is 1.19 bits per heavy atom.